The van der Waals surface area contributed by atoms with E-state index in [0.717, 1.165) is 38.3 Å². The van der Waals surface area contributed by atoms with Crippen molar-refractivity contribution in [3.8, 4) is 0 Å². The number of amides is 1. The first-order valence-electron chi connectivity index (χ1n) is 8.72. The summed E-state index contributed by atoms with van der Waals surface area (Å²) < 4.78 is 0. The molecule has 2 aliphatic rings. The maximum Gasteiger partial charge on any atom is 0.225 e. The topological polar surface area (TPSA) is 36.4 Å². The Hall–Kier alpha value is -1.58. The van der Waals surface area contributed by atoms with E-state index in [1.54, 1.807) is 0 Å². The number of nitrogens with zero attached hydrogens (tertiary/aromatic N) is 3. The van der Waals surface area contributed by atoms with Gasteiger partial charge in [0.05, 0.1) is 0 Å². The van der Waals surface area contributed by atoms with Gasteiger partial charge in [-0.05, 0) is 31.9 Å². The highest BCUT2D eigenvalue weighted by molar-refractivity contribution is 5.79. The molecule has 0 spiro atoms. The Morgan fingerprint density at radius 3 is 2.55 bits per heavy atom. The number of hydrogen-bond donors (Lipinski definition) is 0. The molecule has 22 heavy (non-hydrogen) atoms. The Bertz CT molecular complexity index is 482. The lowest BCUT2D eigenvalue weighted by molar-refractivity contribution is -0.136. The van der Waals surface area contributed by atoms with Crippen LogP contribution in [0.5, 0.6) is 0 Å². The van der Waals surface area contributed by atoms with E-state index in [2.05, 4.69) is 27.8 Å². The Kier molecular flexibility index (Phi) is 4.96. The number of hydrogen-bond acceptors (Lipinski definition) is 3. The van der Waals surface area contributed by atoms with Crippen molar-refractivity contribution in [1.82, 2.24) is 9.88 Å². The summed E-state index contributed by atoms with van der Waals surface area (Å²) in [7, 11) is 0. The molecule has 4 heteroatoms. The first-order valence-corrected chi connectivity index (χ1v) is 8.72. The van der Waals surface area contributed by atoms with E-state index in [0.29, 0.717) is 11.9 Å². The highest BCUT2D eigenvalue weighted by atomic mass is 16.2. The molecule has 1 aromatic rings. The van der Waals surface area contributed by atoms with Gasteiger partial charge < -0.3 is 9.80 Å². The standard InChI is InChI=1S/C18H27N3O/c1-15-14-20(18(22)16-8-4-2-3-5-9-16)12-13-21(15)17-10-6-7-11-19-17/h6-7,10-11,15-16H,2-5,8-9,12-14H2,1H3/t15-/m1/s1. The fourth-order valence-electron chi connectivity index (χ4n) is 3.81. The van der Waals surface area contributed by atoms with E-state index in [1.807, 2.05) is 18.3 Å². The second-order valence-electron chi connectivity index (χ2n) is 6.70. The molecule has 0 radical (unpaired) electrons. The fourth-order valence-corrected chi connectivity index (χ4v) is 3.81. The summed E-state index contributed by atoms with van der Waals surface area (Å²) in [5.74, 6) is 1.70. The minimum atomic E-state index is 0.274. The zero-order valence-electron chi connectivity index (χ0n) is 13.6. The predicted molar refractivity (Wildman–Crippen MR) is 88.8 cm³/mol. The molecule has 1 aromatic heterocycles. The van der Waals surface area contributed by atoms with Gasteiger partial charge in [0, 0.05) is 37.8 Å². The molecule has 1 atom stereocenters. The Balaban J connectivity index is 1.61. The van der Waals surface area contributed by atoms with Gasteiger partial charge in [-0.3, -0.25) is 4.79 Å². The molecule has 1 saturated carbocycles. The van der Waals surface area contributed by atoms with Crippen molar-refractivity contribution in [3.63, 3.8) is 0 Å². The monoisotopic (exact) mass is 301 g/mol. The molecule has 1 saturated heterocycles. The minimum absolute atomic E-state index is 0.274. The van der Waals surface area contributed by atoms with Crippen LogP contribution >= 0.6 is 0 Å². The van der Waals surface area contributed by atoms with Crippen molar-refractivity contribution in [2.75, 3.05) is 24.5 Å². The Morgan fingerprint density at radius 2 is 1.91 bits per heavy atom. The first-order chi connectivity index (χ1) is 10.8. The van der Waals surface area contributed by atoms with E-state index >= 15 is 0 Å². The van der Waals surface area contributed by atoms with Crippen LogP contribution in [-0.2, 0) is 4.79 Å². The Labute approximate surface area is 133 Å². The molecule has 0 unspecified atom stereocenters. The lowest BCUT2D eigenvalue weighted by atomic mass is 9.98. The van der Waals surface area contributed by atoms with Crippen LogP contribution in [0.3, 0.4) is 0 Å². The van der Waals surface area contributed by atoms with Crippen LogP contribution in [0.25, 0.3) is 0 Å². The summed E-state index contributed by atoms with van der Waals surface area (Å²) in [4.78, 5) is 21.6. The number of anilines is 1. The van der Waals surface area contributed by atoms with Crippen LogP contribution in [0.15, 0.2) is 24.4 Å². The highest BCUT2D eigenvalue weighted by Crippen LogP contribution is 2.26. The Morgan fingerprint density at radius 1 is 1.14 bits per heavy atom. The zero-order chi connectivity index (χ0) is 15.4. The molecular weight excluding hydrogens is 274 g/mol. The first kappa shape index (κ1) is 15.3. The van der Waals surface area contributed by atoms with Gasteiger partial charge in [-0.15, -0.1) is 0 Å². The molecule has 2 heterocycles. The van der Waals surface area contributed by atoms with Crippen LogP contribution < -0.4 is 4.90 Å². The summed E-state index contributed by atoms with van der Waals surface area (Å²) in [6, 6.07) is 6.36. The SMILES string of the molecule is C[C@@H]1CN(C(=O)C2CCCCCC2)CCN1c1ccccn1. The quantitative estimate of drug-likeness (QED) is 0.788. The molecule has 1 aliphatic heterocycles. The van der Waals surface area contributed by atoms with Gasteiger partial charge >= 0.3 is 0 Å². The molecule has 1 amide bonds. The average molecular weight is 301 g/mol. The number of piperazine rings is 1. The van der Waals surface area contributed by atoms with Gasteiger partial charge in [-0.2, -0.15) is 0 Å². The van der Waals surface area contributed by atoms with Gasteiger partial charge in [0.25, 0.3) is 0 Å². The lowest BCUT2D eigenvalue weighted by Crippen LogP contribution is -2.55. The lowest BCUT2D eigenvalue weighted by Gasteiger charge is -2.41. The number of rotatable bonds is 2. The summed E-state index contributed by atoms with van der Waals surface area (Å²) in [5.41, 5.74) is 0. The number of carbonyl (C=O) groups excluding carboxylic acids is 1. The molecule has 1 aliphatic carbocycles. The molecule has 0 N–H and O–H groups in total. The number of aromatic nitrogens is 1. The van der Waals surface area contributed by atoms with Crippen molar-refractivity contribution in [1.29, 1.82) is 0 Å². The third kappa shape index (κ3) is 3.42. The second kappa shape index (κ2) is 7.12. The van der Waals surface area contributed by atoms with Crippen molar-refractivity contribution in [2.24, 2.45) is 5.92 Å². The van der Waals surface area contributed by atoms with E-state index in [-0.39, 0.29) is 5.92 Å². The number of pyridine rings is 1. The normalized spacial score (nSPS) is 24.1. The third-order valence-corrected chi connectivity index (χ3v) is 5.09. The second-order valence-corrected chi connectivity index (χ2v) is 6.70. The van der Waals surface area contributed by atoms with Crippen molar-refractivity contribution in [2.45, 2.75) is 51.5 Å². The van der Waals surface area contributed by atoms with Gasteiger partial charge in [0.1, 0.15) is 5.82 Å². The van der Waals surface area contributed by atoms with E-state index in [1.165, 1.54) is 25.7 Å². The van der Waals surface area contributed by atoms with Crippen LogP contribution in [0.2, 0.25) is 0 Å². The summed E-state index contributed by atoms with van der Waals surface area (Å²) in [5, 5.41) is 0. The van der Waals surface area contributed by atoms with Crippen LogP contribution in [0, 0.1) is 5.92 Å². The molecular formula is C18H27N3O. The fraction of sp³-hybridized carbons (Fsp3) is 0.667. The number of carbonyl (C=O) groups is 1. The summed E-state index contributed by atoms with van der Waals surface area (Å²) >= 11 is 0. The summed E-state index contributed by atoms with van der Waals surface area (Å²) in [6.07, 6.45) is 9.06. The molecule has 2 fully saturated rings. The largest absolute Gasteiger partial charge is 0.350 e. The van der Waals surface area contributed by atoms with Crippen molar-refractivity contribution < 1.29 is 4.79 Å². The van der Waals surface area contributed by atoms with Crippen LogP contribution in [-0.4, -0.2) is 41.5 Å². The van der Waals surface area contributed by atoms with E-state index in [4.69, 9.17) is 0 Å². The van der Waals surface area contributed by atoms with Gasteiger partial charge in [0.15, 0.2) is 0 Å². The smallest absolute Gasteiger partial charge is 0.225 e. The van der Waals surface area contributed by atoms with Gasteiger partial charge in [-0.25, -0.2) is 4.98 Å². The van der Waals surface area contributed by atoms with Crippen molar-refractivity contribution in [3.05, 3.63) is 24.4 Å². The third-order valence-electron chi connectivity index (χ3n) is 5.09. The van der Waals surface area contributed by atoms with E-state index in [9.17, 15) is 4.79 Å². The molecule has 4 nitrogen and oxygen atoms in total. The molecule has 120 valence electrons. The van der Waals surface area contributed by atoms with Gasteiger partial charge in [-0.1, -0.05) is 31.7 Å². The molecule has 3 rings (SSSR count). The highest BCUT2D eigenvalue weighted by Gasteiger charge is 2.31. The minimum Gasteiger partial charge on any atom is -0.350 e. The predicted octanol–water partition coefficient (Wildman–Crippen LogP) is 3.09. The van der Waals surface area contributed by atoms with Crippen molar-refractivity contribution >= 4 is 11.7 Å². The van der Waals surface area contributed by atoms with Crippen LogP contribution in [0.1, 0.15) is 45.4 Å². The maximum absolute atomic E-state index is 12.8. The zero-order valence-corrected chi connectivity index (χ0v) is 13.6. The van der Waals surface area contributed by atoms with E-state index < -0.39 is 0 Å². The average Bonchev–Trinajstić information content (AvgIpc) is 2.84. The summed E-state index contributed by atoms with van der Waals surface area (Å²) in [6.45, 7) is 4.74. The molecule has 0 bridgehead atoms. The molecule has 0 aromatic carbocycles. The van der Waals surface area contributed by atoms with Gasteiger partial charge in [0.2, 0.25) is 5.91 Å². The van der Waals surface area contributed by atoms with Crippen LogP contribution in [0.4, 0.5) is 5.82 Å². The maximum atomic E-state index is 12.8.